The molecule has 0 aromatic carbocycles. The van der Waals surface area contributed by atoms with Crippen molar-refractivity contribution >= 4 is 57.0 Å². The largest absolute Gasteiger partial charge is 0.476 e. The third-order valence-corrected chi connectivity index (χ3v) is 16.1. The summed E-state index contributed by atoms with van der Waals surface area (Å²) >= 11 is 12.8. The summed E-state index contributed by atoms with van der Waals surface area (Å²) in [6.07, 6.45) is 0.710. The van der Waals surface area contributed by atoms with Gasteiger partial charge in [-0.2, -0.15) is 0 Å². The Morgan fingerprint density at radius 1 is 0.714 bits per heavy atom. The van der Waals surface area contributed by atoms with Crippen LogP contribution >= 0.6 is 23.2 Å². The zero-order valence-electron chi connectivity index (χ0n) is 14.8. The van der Waals surface area contributed by atoms with Crippen LogP contribution in [-0.4, -0.2) is 38.1 Å². The summed E-state index contributed by atoms with van der Waals surface area (Å²) in [6.45, 7) is 19.5. The van der Waals surface area contributed by atoms with Crippen LogP contribution in [0, 0.1) is 0 Å². The summed E-state index contributed by atoms with van der Waals surface area (Å²) in [5.74, 6) is 0. The Bertz CT molecular complexity index is 345. The van der Waals surface area contributed by atoms with Gasteiger partial charge in [0.2, 0.25) is 0 Å². The van der Waals surface area contributed by atoms with E-state index in [0.29, 0.717) is 6.42 Å². The van der Waals surface area contributed by atoms with Gasteiger partial charge in [0.1, 0.15) is 4.33 Å². The molecule has 0 aromatic rings. The van der Waals surface area contributed by atoms with Gasteiger partial charge in [0.25, 0.3) is 0 Å². The minimum atomic E-state index is -2.88. The van der Waals surface area contributed by atoms with E-state index >= 15 is 0 Å². The van der Waals surface area contributed by atoms with E-state index in [4.69, 9.17) is 35.5 Å². The van der Waals surface area contributed by atoms with E-state index in [1.807, 2.05) is 0 Å². The average molecular weight is 406 g/mol. The number of rotatable bonds is 7. The lowest BCUT2D eigenvalue weighted by molar-refractivity contribution is 0.249. The first-order chi connectivity index (χ1) is 8.96. The molecule has 1 saturated carbocycles. The molecule has 0 saturated heterocycles. The molecule has 0 aromatic heterocycles. The molecule has 0 aliphatic heterocycles. The highest BCUT2D eigenvalue weighted by molar-refractivity contribution is 6.92. The fraction of sp³-hybridized carbons (Fsp3) is 1.00. The van der Waals surface area contributed by atoms with E-state index in [1.54, 1.807) is 0 Å². The standard InChI is InChI=1S/C12H30Cl2O3Si4/c1-18(2,3)15-21(16-19(4,5)6,17-20(7,8)9)11-10-12(11,13)14/h11H,10H2,1-9H3. The molecule has 1 fully saturated rings. The molecule has 1 aliphatic rings. The Balaban J connectivity index is 3.20. The summed E-state index contributed by atoms with van der Waals surface area (Å²) in [5, 5.41) is 0. The van der Waals surface area contributed by atoms with Crippen molar-refractivity contribution in [3.05, 3.63) is 0 Å². The van der Waals surface area contributed by atoms with Gasteiger partial charge in [-0.1, -0.05) is 0 Å². The first kappa shape index (κ1) is 20.4. The quantitative estimate of drug-likeness (QED) is 0.418. The monoisotopic (exact) mass is 404 g/mol. The lowest BCUT2D eigenvalue weighted by Crippen LogP contribution is -2.61. The molecule has 9 heteroatoms. The lowest BCUT2D eigenvalue weighted by atomic mass is 10.9. The van der Waals surface area contributed by atoms with E-state index in [0.717, 1.165) is 0 Å². The second-order valence-electron chi connectivity index (χ2n) is 8.76. The van der Waals surface area contributed by atoms with E-state index < -0.39 is 38.1 Å². The number of hydrogen-bond acceptors (Lipinski definition) is 3. The van der Waals surface area contributed by atoms with Crippen molar-refractivity contribution in [2.45, 2.75) is 75.2 Å². The maximum atomic E-state index is 6.57. The second kappa shape index (κ2) is 6.00. The number of hydrogen-bond donors (Lipinski definition) is 0. The molecular weight excluding hydrogens is 375 g/mol. The van der Waals surface area contributed by atoms with Gasteiger partial charge in [-0.25, -0.2) is 0 Å². The summed E-state index contributed by atoms with van der Waals surface area (Å²) in [6, 6.07) is 0. The van der Waals surface area contributed by atoms with Gasteiger partial charge in [-0.05, 0) is 65.3 Å². The zero-order valence-corrected chi connectivity index (χ0v) is 20.3. The molecule has 126 valence electrons. The van der Waals surface area contributed by atoms with E-state index in [1.165, 1.54) is 0 Å². The number of alkyl halides is 2. The first-order valence-corrected chi connectivity index (χ1v) is 20.2. The Morgan fingerprint density at radius 2 is 0.952 bits per heavy atom. The van der Waals surface area contributed by atoms with Crippen LogP contribution in [0.2, 0.25) is 64.5 Å². The van der Waals surface area contributed by atoms with Crippen LogP contribution < -0.4 is 0 Å². The lowest BCUT2D eigenvalue weighted by Gasteiger charge is -2.43. The average Bonchev–Trinajstić information content (AvgIpc) is 2.64. The maximum Gasteiger partial charge on any atom is 0.476 e. The van der Waals surface area contributed by atoms with Gasteiger partial charge in [0.05, 0.1) is 5.54 Å². The van der Waals surface area contributed by atoms with Crippen molar-refractivity contribution in [1.82, 2.24) is 0 Å². The molecule has 0 spiro atoms. The summed E-state index contributed by atoms with van der Waals surface area (Å²) in [5.41, 5.74) is 0.0125. The first-order valence-electron chi connectivity index (χ1n) is 7.44. The minimum absolute atomic E-state index is 0.0125. The molecule has 1 atom stereocenters. The SMILES string of the molecule is C[Si](C)(C)O[Si](O[Si](C)(C)C)(O[Si](C)(C)C)C1CC1(Cl)Cl. The molecule has 0 radical (unpaired) electrons. The molecule has 1 rings (SSSR count). The van der Waals surface area contributed by atoms with Crippen LogP contribution in [0.5, 0.6) is 0 Å². The van der Waals surface area contributed by atoms with Gasteiger partial charge in [0, 0.05) is 0 Å². The molecule has 0 N–H and O–H groups in total. The van der Waals surface area contributed by atoms with Crippen LogP contribution in [0.3, 0.4) is 0 Å². The number of halogens is 2. The van der Waals surface area contributed by atoms with Crippen LogP contribution in [0.15, 0.2) is 0 Å². The third kappa shape index (κ3) is 6.76. The van der Waals surface area contributed by atoms with E-state index in [2.05, 4.69) is 58.9 Å². The molecule has 1 aliphatic carbocycles. The fourth-order valence-electron chi connectivity index (χ4n) is 2.15. The predicted molar refractivity (Wildman–Crippen MR) is 102 cm³/mol. The maximum absolute atomic E-state index is 6.57. The molecule has 0 bridgehead atoms. The van der Waals surface area contributed by atoms with Crippen molar-refractivity contribution in [1.29, 1.82) is 0 Å². The van der Waals surface area contributed by atoms with Gasteiger partial charge >= 0.3 is 8.80 Å². The summed E-state index contributed by atoms with van der Waals surface area (Å²) in [7, 11) is -8.40. The van der Waals surface area contributed by atoms with Gasteiger partial charge in [0.15, 0.2) is 25.0 Å². The Hall–Kier alpha value is 1.33. The topological polar surface area (TPSA) is 27.7 Å². The highest BCUT2D eigenvalue weighted by atomic mass is 35.5. The summed E-state index contributed by atoms with van der Waals surface area (Å²) < 4.78 is 19.0. The highest BCUT2D eigenvalue weighted by Gasteiger charge is 2.71. The second-order valence-corrected chi connectivity index (χ2v) is 27.3. The van der Waals surface area contributed by atoms with Crippen molar-refractivity contribution < 1.29 is 12.3 Å². The third-order valence-electron chi connectivity index (χ3n) is 2.60. The molecule has 0 amide bonds. The van der Waals surface area contributed by atoms with Crippen molar-refractivity contribution in [3.63, 3.8) is 0 Å². The molecule has 3 nitrogen and oxygen atoms in total. The molecule has 0 heterocycles. The van der Waals surface area contributed by atoms with Crippen LogP contribution in [0.1, 0.15) is 6.42 Å². The van der Waals surface area contributed by atoms with E-state index in [9.17, 15) is 0 Å². The molecule has 1 unspecified atom stereocenters. The fourth-order valence-corrected chi connectivity index (χ4v) is 18.2. The van der Waals surface area contributed by atoms with Crippen LogP contribution in [0.25, 0.3) is 0 Å². The Kier molecular flexibility index (Phi) is 5.82. The smallest absolute Gasteiger partial charge is 0.417 e. The van der Waals surface area contributed by atoms with Crippen molar-refractivity contribution in [2.75, 3.05) is 0 Å². The van der Waals surface area contributed by atoms with Gasteiger partial charge < -0.3 is 12.3 Å². The molecule has 21 heavy (non-hydrogen) atoms. The van der Waals surface area contributed by atoms with Gasteiger partial charge in [-0.3, -0.25) is 0 Å². The highest BCUT2D eigenvalue weighted by Crippen LogP contribution is 2.64. The van der Waals surface area contributed by atoms with Crippen molar-refractivity contribution in [3.8, 4) is 0 Å². The minimum Gasteiger partial charge on any atom is -0.417 e. The van der Waals surface area contributed by atoms with Crippen LogP contribution in [0.4, 0.5) is 0 Å². The Labute approximate surface area is 144 Å². The molecular formula is C12H30Cl2O3Si4. The normalized spacial score (nSPS) is 23.3. The predicted octanol–water partition coefficient (Wildman–Crippen LogP) is 5.43. The van der Waals surface area contributed by atoms with Crippen LogP contribution in [-0.2, 0) is 12.3 Å². The summed E-state index contributed by atoms with van der Waals surface area (Å²) in [4.78, 5) is 0. The van der Waals surface area contributed by atoms with Crippen molar-refractivity contribution in [2.24, 2.45) is 0 Å². The van der Waals surface area contributed by atoms with Gasteiger partial charge in [-0.15, -0.1) is 23.2 Å². The zero-order chi connectivity index (χ0) is 16.9. The van der Waals surface area contributed by atoms with E-state index in [-0.39, 0.29) is 5.54 Å². The Morgan fingerprint density at radius 3 is 1.10 bits per heavy atom.